The molecule has 0 spiro atoms. The van der Waals surface area contributed by atoms with Gasteiger partial charge in [0.15, 0.2) is 0 Å². The Balaban J connectivity index is 1.11. The lowest BCUT2D eigenvalue weighted by Gasteiger charge is -2.13. The van der Waals surface area contributed by atoms with E-state index < -0.39 is 0 Å². The molecule has 0 atom stereocenters. The number of benzene rings is 8. The van der Waals surface area contributed by atoms with Gasteiger partial charge >= 0.3 is 0 Å². The largest absolute Gasteiger partial charge is 0.456 e. The van der Waals surface area contributed by atoms with Crippen molar-refractivity contribution in [1.29, 1.82) is 0 Å². The molecule has 43 heavy (non-hydrogen) atoms. The van der Waals surface area contributed by atoms with Crippen molar-refractivity contribution in [2.24, 2.45) is 0 Å². The number of furan rings is 1. The molecule has 1 aromatic heterocycles. The van der Waals surface area contributed by atoms with Crippen LogP contribution in [0.1, 0.15) is 0 Å². The summed E-state index contributed by atoms with van der Waals surface area (Å²) < 4.78 is 6.05. The molecule has 0 aliphatic heterocycles. The molecule has 0 saturated heterocycles. The van der Waals surface area contributed by atoms with Gasteiger partial charge < -0.3 is 4.42 Å². The summed E-state index contributed by atoms with van der Waals surface area (Å²) in [6.07, 6.45) is 0. The average Bonchev–Trinajstić information content (AvgIpc) is 3.45. The number of hydrogen-bond acceptors (Lipinski definition) is 1. The van der Waals surface area contributed by atoms with Gasteiger partial charge in [-0.3, -0.25) is 0 Å². The minimum absolute atomic E-state index is 0.925. The lowest BCUT2D eigenvalue weighted by Crippen LogP contribution is -1.86. The molecule has 8 aromatic carbocycles. The second-order valence-corrected chi connectivity index (χ2v) is 11.4. The maximum absolute atomic E-state index is 6.05. The van der Waals surface area contributed by atoms with Gasteiger partial charge in [0, 0.05) is 10.8 Å². The number of rotatable bonds is 3. The van der Waals surface area contributed by atoms with Gasteiger partial charge in [-0.05, 0) is 108 Å². The minimum atomic E-state index is 0.925. The van der Waals surface area contributed by atoms with Crippen LogP contribution in [0.25, 0.3) is 87.6 Å². The molecule has 200 valence electrons. The van der Waals surface area contributed by atoms with Crippen LogP contribution in [0.3, 0.4) is 0 Å². The molecule has 0 fully saturated rings. The van der Waals surface area contributed by atoms with Crippen LogP contribution < -0.4 is 0 Å². The highest BCUT2D eigenvalue weighted by Gasteiger charge is 2.11. The SMILES string of the molecule is c1cc(-c2ccc3cc(-c4ccc5oc6ccccc6c5c4)ccc3c2)cc(-c2cc3ccccc3c3ccccc23)c1. The third-order valence-electron chi connectivity index (χ3n) is 8.83. The molecule has 0 N–H and O–H groups in total. The zero-order valence-corrected chi connectivity index (χ0v) is 23.4. The summed E-state index contributed by atoms with van der Waals surface area (Å²) in [5.74, 6) is 0. The summed E-state index contributed by atoms with van der Waals surface area (Å²) in [6, 6.07) is 57.0. The highest BCUT2D eigenvalue weighted by Crippen LogP contribution is 2.37. The van der Waals surface area contributed by atoms with Crippen molar-refractivity contribution >= 4 is 54.3 Å². The first kappa shape index (κ1) is 24.0. The van der Waals surface area contributed by atoms with E-state index in [0.29, 0.717) is 0 Å². The van der Waals surface area contributed by atoms with Gasteiger partial charge in [-0.25, -0.2) is 0 Å². The first-order valence-corrected chi connectivity index (χ1v) is 14.8. The molecule has 0 aliphatic rings. The van der Waals surface area contributed by atoms with Gasteiger partial charge in [-0.2, -0.15) is 0 Å². The summed E-state index contributed by atoms with van der Waals surface area (Å²) in [6.45, 7) is 0. The molecule has 1 heteroatoms. The molecule has 0 radical (unpaired) electrons. The van der Waals surface area contributed by atoms with Crippen molar-refractivity contribution in [3.8, 4) is 33.4 Å². The first-order valence-electron chi connectivity index (χ1n) is 14.8. The smallest absolute Gasteiger partial charge is 0.135 e. The molecule has 0 unspecified atom stereocenters. The van der Waals surface area contributed by atoms with Crippen molar-refractivity contribution in [2.45, 2.75) is 0 Å². The lowest BCUT2D eigenvalue weighted by atomic mass is 9.91. The zero-order chi connectivity index (χ0) is 28.3. The predicted molar refractivity (Wildman–Crippen MR) is 183 cm³/mol. The number of fused-ring (bicyclic) bond motifs is 7. The quantitative estimate of drug-likeness (QED) is 0.201. The maximum Gasteiger partial charge on any atom is 0.135 e. The second-order valence-electron chi connectivity index (χ2n) is 11.4. The first-order chi connectivity index (χ1) is 21.3. The topological polar surface area (TPSA) is 13.1 Å². The fraction of sp³-hybridized carbons (Fsp3) is 0. The Morgan fingerprint density at radius 3 is 1.67 bits per heavy atom. The Kier molecular flexibility index (Phi) is 5.27. The van der Waals surface area contributed by atoms with Crippen LogP contribution in [-0.2, 0) is 0 Å². The van der Waals surface area contributed by atoms with Gasteiger partial charge in [0.2, 0.25) is 0 Å². The summed E-state index contributed by atoms with van der Waals surface area (Å²) >= 11 is 0. The fourth-order valence-electron chi connectivity index (χ4n) is 6.67. The summed E-state index contributed by atoms with van der Waals surface area (Å²) in [5, 5.41) is 9.92. The van der Waals surface area contributed by atoms with E-state index in [1.54, 1.807) is 0 Å². The zero-order valence-electron chi connectivity index (χ0n) is 23.4. The molecule has 0 amide bonds. The number of hydrogen-bond donors (Lipinski definition) is 0. The fourth-order valence-corrected chi connectivity index (χ4v) is 6.67. The van der Waals surface area contributed by atoms with Crippen molar-refractivity contribution in [3.63, 3.8) is 0 Å². The van der Waals surface area contributed by atoms with E-state index in [2.05, 4.69) is 146 Å². The average molecular weight is 547 g/mol. The van der Waals surface area contributed by atoms with Crippen LogP contribution >= 0.6 is 0 Å². The highest BCUT2D eigenvalue weighted by atomic mass is 16.3. The predicted octanol–water partition coefficient (Wildman–Crippen LogP) is 12.0. The lowest BCUT2D eigenvalue weighted by molar-refractivity contribution is 0.669. The Labute approximate surface area is 249 Å². The standard InChI is InChI=1S/C42H26O/c1-2-11-35-34(8-1)26-39(37-13-4-3-12-36(35)37)33-10-7-9-27(24-33)28-16-17-30-23-31(19-18-29(30)22-28)32-20-21-42-40(25-32)38-14-5-6-15-41(38)43-42/h1-26H. The van der Waals surface area contributed by atoms with E-state index in [9.17, 15) is 0 Å². The Morgan fingerprint density at radius 1 is 0.279 bits per heavy atom. The van der Waals surface area contributed by atoms with E-state index in [0.717, 1.165) is 21.9 Å². The van der Waals surface area contributed by atoms with Crippen LogP contribution in [-0.4, -0.2) is 0 Å². The van der Waals surface area contributed by atoms with E-state index in [4.69, 9.17) is 4.42 Å². The van der Waals surface area contributed by atoms with Crippen LogP contribution in [0.2, 0.25) is 0 Å². The van der Waals surface area contributed by atoms with Crippen molar-refractivity contribution in [1.82, 2.24) is 0 Å². The summed E-state index contributed by atoms with van der Waals surface area (Å²) in [5.41, 5.74) is 9.20. The third-order valence-corrected chi connectivity index (χ3v) is 8.83. The molecule has 0 aliphatic carbocycles. The molecule has 9 rings (SSSR count). The van der Waals surface area contributed by atoms with Crippen molar-refractivity contribution in [2.75, 3.05) is 0 Å². The Morgan fingerprint density at radius 2 is 0.860 bits per heavy atom. The van der Waals surface area contributed by atoms with E-state index >= 15 is 0 Å². The van der Waals surface area contributed by atoms with E-state index in [1.165, 1.54) is 65.7 Å². The molecule has 0 saturated carbocycles. The molecular weight excluding hydrogens is 520 g/mol. The van der Waals surface area contributed by atoms with Crippen LogP contribution in [0.5, 0.6) is 0 Å². The summed E-state index contributed by atoms with van der Waals surface area (Å²) in [4.78, 5) is 0. The molecule has 1 nitrogen and oxygen atoms in total. The van der Waals surface area contributed by atoms with E-state index in [1.807, 2.05) is 12.1 Å². The molecule has 9 aromatic rings. The van der Waals surface area contributed by atoms with Crippen LogP contribution in [0, 0.1) is 0 Å². The van der Waals surface area contributed by atoms with Gasteiger partial charge in [-0.15, -0.1) is 0 Å². The van der Waals surface area contributed by atoms with Crippen LogP contribution in [0.15, 0.2) is 162 Å². The molecular formula is C42H26O. The van der Waals surface area contributed by atoms with Gasteiger partial charge in [0.25, 0.3) is 0 Å². The van der Waals surface area contributed by atoms with E-state index in [-0.39, 0.29) is 0 Å². The normalized spacial score (nSPS) is 11.7. The summed E-state index contributed by atoms with van der Waals surface area (Å²) in [7, 11) is 0. The van der Waals surface area contributed by atoms with Crippen LogP contribution in [0.4, 0.5) is 0 Å². The minimum Gasteiger partial charge on any atom is -0.456 e. The Hall–Kier alpha value is -5.66. The second kappa shape index (κ2) is 9.44. The van der Waals surface area contributed by atoms with Gasteiger partial charge in [0.05, 0.1) is 0 Å². The monoisotopic (exact) mass is 546 g/mol. The Bertz CT molecular complexity index is 2510. The van der Waals surface area contributed by atoms with Crippen molar-refractivity contribution < 1.29 is 4.42 Å². The molecule has 0 bridgehead atoms. The number of para-hydroxylation sites is 1. The van der Waals surface area contributed by atoms with Gasteiger partial charge in [-0.1, -0.05) is 115 Å². The highest BCUT2D eigenvalue weighted by molar-refractivity contribution is 6.14. The van der Waals surface area contributed by atoms with Gasteiger partial charge in [0.1, 0.15) is 11.2 Å². The maximum atomic E-state index is 6.05. The van der Waals surface area contributed by atoms with Crippen molar-refractivity contribution in [3.05, 3.63) is 158 Å². The molecule has 1 heterocycles. The third kappa shape index (κ3) is 3.94.